The van der Waals surface area contributed by atoms with Crippen LogP contribution in [-0.4, -0.2) is 18.0 Å². The molecule has 3 rings (SSSR count). The van der Waals surface area contributed by atoms with Gasteiger partial charge in [0.25, 0.3) is 0 Å². The highest BCUT2D eigenvalue weighted by atomic mass is 32.2. The third-order valence-corrected chi connectivity index (χ3v) is 5.75. The molecule has 3 N–H and O–H groups in total. The quantitative estimate of drug-likeness (QED) is 0.842. The molecule has 0 amide bonds. The summed E-state index contributed by atoms with van der Waals surface area (Å²) < 4.78 is 29.3. The van der Waals surface area contributed by atoms with Crippen molar-refractivity contribution in [3.63, 3.8) is 0 Å². The number of rotatable bonds is 6. The van der Waals surface area contributed by atoms with Crippen LogP contribution in [0.3, 0.4) is 0 Å². The van der Waals surface area contributed by atoms with Gasteiger partial charge >= 0.3 is 0 Å². The molecular formula is C13H18N4O2S2. The first kappa shape index (κ1) is 14.7. The minimum atomic E-state index is -3.51. The van der Waals surface area contributed by atoms with E-state index in [1.54, 1.807) is 18.5 Å². The Hall–Kier alpha value is -1.22. The standard InChI is InChI=1S/C13H18N4O2S2/c1-9-15-6-12(20-9)7-16-21(18,19)13-4-11(5-14)17(8-13)10-2-3-10/h4,6,8,10,16H,2-3,5,7,14H2,1H3. The summed E-state index contributed by atoms with van der Waals surface area (Å²) in [4.78, 5) is 5.30. The van der Waals surface area contributed by atoms with Gasteiger partial charge in [0.05, 0.1) is 9.90 Å². The average molecular weight is 326 g/mol. The molecule has 21 heavy (non-hydrogen) atoms. The van der Waals surface area contributed by atoms with Gasteiger partial charge < -0.3 is 10.3 Å². The Kier molecular flexibility index (Phi) is 3.87. The number of nitrogens with one attached hydrogen (secondary N) is 1. The summed E-state index contributed by atoms with van der Waals surface area (Å²) in [7, 11) is -3.51. The van der Waals surface area contributed by atoms with Crippen LogP contribution in [0.1, 0.15) is 34.5 Å². The van der Waals surface area contributed by atoms with Gasteiger partial charge in [0.15, 0.2) is 0 Å². The molecule has 0 bridgehead atoms. The van der Waals surface area contributed by atoms with Crippen LogP contribution in [0.5, 0.6) is 0 Å². The van der Waals surface area contributed by atoms with E-state index >= 15 is 0 Å². The molecule has 1 aliphatic rings. The van der Waals surface area contributed by atoms with Crippen LogP contribution in [0.2, 0.25) is 0 Å². The van der Waals surface area contributed by atoms with Crippen molar-refractivity contribution in [3.05, 3.63) is 34.0 Å². The van der Waals surface area contributed by atoms with E-state index in [2.05, 4.69) is 9.71 Å². The lowest BCUT2D eigenvalue weighted by molar-refractivity contribution is 0.581. The first-order valence-electron chi connectivity index (χ1n) is 6.81. The molecule has 0 unspecified atom stereocenters. The summed E-state index contributed by atoms with van der Waals surface area (Å²) in [5.41, 5.74) is 6.57. The monoisotopic (exact) mass is 326 g/mol. The normalized spacial score (nSPS) is 15.5. The maximum Gasteiger partial charge on any atom is 0.242 e. The lowest BCUT2D eigenvalue weighted by Gasteiger charge is -2.04. The zero-order chi connectivity index (χ0) is 15.0. The fraction of sp³-hybridized carbons (Fsp3) is 0.462. The lowest BCUT2D eigenvalue weighted by atomic mass is 10.4. The summed E-state index contributed by atoms with van der Waals surface area (Å²) in [6, 6.07) is 2.08. The van der Waals surface area contributed by atoms with Gasteiger partial charge in [-0.2, -0.15) is 0 Å². The van der Waals surface area contributed by atoms with Gasteiger partial charge in [-0.05, 0) is 25.8 Å². The predicted octanol–water partition coefficient (Wildman–Crippen LogP) is 1.53. The highest BCUT2D eigenvalue weighted by Gasteiger charge is 2.27. The molecule has 2 aromatic rings. The third kappa shape index (κ3) is 3.18. The molecule has 0 aromatic carbocycles. The summed E-state index contributed by atoms with van der Waals surface area (Å²) >= 11 is 1.49. The second kappa shape index (κ2) is 5.53. The molecule has 2 heterocycles. The zero-order valence-electron chi connectivity index (χ0n) is 11.7. The Morgan fingerprint density at radius 2 is 2.29 bits per heavy atom. The van der Waals surface area contributed by atoms with Crippen molar-refractivity contribution in [2.24, 2.45) is 5.73 Å². The number of thiazole rings is 1. The largest absolute Gasteiger partial charge is 0.346 e. The van der Waals surface area contributed by atoms with E-state index < -0.39 is 10.0 Å². The molecule has 2 aromatic heterocycles. The van der Waals surface area contributed by atoms with Crippen molar-refractivity contribution in [2.45, 2.75) is 43.8 Å². The maximum absolute atomic E-state index is 12.4. The van der Waals surface area contributed by atoms with E-state index in [0.717, 1.165) is 28.4 Å². The second-order valence-electron chi connectivity index (χ2n) is 5.18. The van der Waals surface area contributed by atoms with Gasteiger partial charge in [-0.25, -0.2) is 18.1 Å². The zero-order valence-corrected chi connectivity index (χ0v) is 13.4. The van der Waals surface area contributed by atoms with Crippen molar-refractivity contribution >= 4 is 21.4 Å². The Balaban J connectivity index is 1.77. The molecule has 0 saturated heterocycles. The first-order valence-corrected chi connectivity index (χ1v) is 9.11. The van der Waals surface area contributed by atoms with Crippen LogP contribution in [0, 0.1) is 6.92 Å². The van der Waals surface area contributed by atoms with Gasteiger partial charge in [-0.1, -0.05) is 0 Å². The number of nitrogens with zero attached hydrogens (tertiary/aromatic N) is 2. The fourth-order valence-electron chi connectivity index (χ4n) is 2.24. The molecule has 114 valence electrons. The van der Waals surface area contributed by atoms with E-state index in [4.69, 9.17) is 5.73 Å². The van der Waals surface area contributed by atoms with Gasteiger partial charge in [0.2, 0.25) is 10.0 Å². The number of sulfonamides is 1. The van der Waals surface area contributed by atoms with Crippen molar-refractivity contribution in [1.29, 1.82) is 0 Å². The molecule has 8 heteroatoms. The Morgan fingerprint density at radius 3 is 2.86 bits per heavy atom. The molecule has 6 nitrogen and oxygen atoms in total. The van der Waals surface area contributed by atoms with Gasteiger partial charge in [0.1, 0.15) is 0 Å². The minimum absolute atomic E-state index is 0.264. The molecular weight excluding hydrogens is 308 g/mol. The Bertz CT molecular complexity index is 744. The molecule has 0 spiro atoms. The Morgan fingerprint density at radius 1 is 1.52 bits per heavy atom. The topological polar surface area (TPSA) is 90.0 Å². The average Bonchev–Trinajstić information content (AvgIpc) is 3.05. The molecule has 0 atom stereocenters. The van der Waals surface area contributed by atoms with Crippen molar-refractivity contribution < 1.29 is 8.42 Å². The van der Waals surface area contributed by atoms with Crippen LogP contribution in [-0.2, 0) is 23.1 Å². The van der Waals surface area contributed by atoms with E-state index in [1.807, 2.05) is 11.5 Å². The highest BCUT2D eigenvalue weighted by Crippen LogP contribution is 2.37. The molecule has 1 aliphatic carbocycles. The van der Waals surface area contributed by atoms with Crippen LogP contribution in [0.25, 0.3) is 0 Å². The molecule has 0 radical (unpaired) electrons. The Labute approximate surface area is 128 Å². The first-order chi connectivity index (χ1) is 9.99. The van der Waals surface area contributed by atoms with Crippen LogP contribution in [0.15, 0.2) is 23.4 Å². The summed E-state index contributed by atoms with van der Waals surface area (Å²) in [6.07, 6.45) is 5.58. The molecule has 1 fully saturated rings. The fourth-order valence-corrected chi connectivity index (χ4v) is 4.12. The van der Waals surface area contributed by atoms with Crippen LogP contribution < -0.4 is 10.5 Å². The van der Waals surface area contributed by atoms with E-state index in [1.165, 1.54) is 11.3 Å². The van der Waals surface area contributed by atoms with Crippen molar-refractivity contribution in [1.82, 2.24) is 14.3 Å². The minimum Gasteiger partial charge on any atom is -0.346 e. The lowest BCUT2D eigenvalue weighted by Crippen LogP contribution is -2.22. The number of aromatic nitrogens is 2. The molecule has 1 saturated carbocycles. The van der Waals surface area contributed by atoms with E-state index in [-0.39, 0.29) is 11.4 Å². The summed E-state index contributed by atoms with van der Waals surface area (Å²) in [5.74, 6) is 0. The van der Waals surface area contributed by atoms with Gasteiger partial charge in [0, 0.05) is 42.1 Å². The van der Waals surface area contributed by atoms with E-state index in [0.29, 0.717) is 12.6 Å². The second-order valence-corrected chi connectivity index (χ2v) is 8.27. The van der Waals surface area contributed by atoms with Gasteiger partial charge in [-0.15, -0.1) is 11.3 Å². The number of hydrogen-bond donors (Lipinski definition) is 2. The van der Waals surface area contributed by atoms with Crippen molar-refractivity contribution in [3.8, 4) is 0 Å². The van der Waals surface area contributed by atoms with Gasteiger partial charge in [-0.3, -0.25) is 0 Å². The molecule has 0 aliphatic heterocycles. The van der Waals surface area contributed by atoms with Crippen LogP contribution >= 0.6 is 11.3 Å². The summed E-state index contributed by atoms with van der Waals surface area (Å²) in [5, 5.41) is 0.925. The number of aryl methyl sites for hydroxylation is 1. The van der Waals surface area contributed by atoms with Crippen LogP contribution in [0.4, 0.5) is 0 Å². The van der Waals surface area contributed by atoms with E-state index in [9.17, 15) is 8.42 Å². The summed E-state index contributed by atoms with van der Waals surface area (Å²) in [6.45, 7) is 2.51. The number of nitrogens with two attached hydrogens (primary N) is 1. The third-order valence-electron chi connectivity index (χ3n) is 3.47. The SMILES string of the molecule is Cc1ncc(CNS(=O)(=O)c2cc(CN)n(C3CC3)c2)s1. The van der Waals surface area contributed by atoms with Crippen molar-refractivity contribution in [2.75, 3.05) is 0 Å². The predicted molar refractivity (Wildman–Crippen MR) is 81.5 cm³/mol. The number of hydrogen-bond acceptors (Lipinski definition) is 5. The smallest absolute Gasteiger partial charge is 0.242 e. The maximum atomic E-state index is 12.4. The highest BCUT2D eigenvalue weighted by molar-refractivity contribution is 7.89.